The van der Waals surface area contributed by atoms with Crippen molar-refractivity contribution in [1.29, 1.82) is 0 Å². The van der Waals surface area contributed by atoms with E-state index >= 15 is 0 Å². The molecule has 0 aliphatic carbocycles. The van der Waals surface area contributed by atoms with Crippen LogP contribution in [-0.4, -0.2) is 29.9 Å². The molecule has 2 saturated heterocycles. The van der Waals surface area contributed by atoms with Gasteiger partial charge in [-0.2, -0.15) is 0 Å². The van der Waals surface area contributed by atoms with Crippen molar-refractivity contribution in [3.8, 4) is 0 Å². The molecule has 7 rings (SSSR count). The fourth-order valence-corrected chi connectivity index (χ4v) is 6.65. The van der Waals surface area contributed by atoms with Crippen molar-refractivity contribution in [2.24, 2.45) is 11.8 Å². The van der Waals surface area contributed by atoms with Crippen molar-refractivity contribution in [2.75, 3.05) is 9.80 Å². The summed E-state index contributed by atoms with van der Waals surface area (Å²) < 4.78 is 6.31. The van der Waals surface area contributed by atoms with Crippen LogP contribution in [0.25, 0.3) is 6.08 Å². The Labute approximate surface area is 242 Å². The number of benzene rings is 4. The van der Waals surface area contributed by atoms with Gasteiger partial charge in [0.1, 0.15) is 6.04 Å². The number of nitrogens with zero attached hydrogens (tertiary/aromatic N) is 2. The number of esters is 1. The minimum Gasteiger partial charge on any atom is -0.451 e. The van der Waals surface area contributed by atoms with Gasteiger partial charge in [-0.25, -0.2) is 9.69 Å². The number of anilines is 2. The Morgan fingerprint density at radius 2 is 1.27 bits per heavy atom. The number of fused-ring (bicyclic) bond motifs is 5. The van der Waals surface area contributed by atoms with Crippen molar-refractivity contribution in [3.63, 3.8) is 0 Å². The molecule has 7 heteroatoms. The lowest BCUT2D eigenvalue weighted by atomic mass is 9.88. The van der Waals surface area contributed by atoms with Gasteiger partial charge in [0.05, 0.1) is 28.6 Å². The van der Waals surface area contributed by atoms with E-state index in [4.69, 9.17) is 16.3 Å². The molecule has 0 radical (unpaired) electrons. The predicted molar refractivity (Wildman–Crippen MR) is 157 cm³/mol. The molecular formula is C34H25ClN2O4. The third kappa shape index (κ3) is 4.06. The van der Waals surface area contributed by atoms with Crippen molar-refractivity contribution < 1.29 is 19.1 Å². The summed E-state index contributed by atoms with van der Waals surface area (Å²) in [4.78, 5) is 45.5. The number of carbonyl (C=O) groups is 3. The fraction of sp³-hybridized carbons (Fsp3) is 0.147. The van der Waals surface area contributed by atoms with Crippen LogP contribution in [0.5, 0.6) is 0 Å². The highest BCUT2D eigenvalue weighted by molar-refractivity contribution is 6.36. The number of hydrogen-bond acceptors (Lipinski definition) is 5. The molecule has 3 heterocycles. The van der Waals surface area contributed by atoms with E-state index in [1.54, 1.807) is 24.3 Å². The highest BCUT2D eigenvalue weighted by Gasteiger charge is 2.65. The van der Waals surface area contributed by atoms with E-state index < -0.39 is 41.9 Å². The predicted octanol–water partition coefficient (Wildman–Crippen LogP) is 6.06. The lowest BCUT2D eigenvalue weighted by Crippen LogP contribution is -2.49. The van der Waals surface area contributed by atoms with Crippen LogP contribution in [0.1, 0.15) is 22.8 Å². The molecule has 0 bridgehead atoms. The molecule has 0 unspecified atom stereocenters. The highest BCUT2D eigenvalue weighted by Crippen LogP contribution is 2.50. The van der Waals surface area contributed by atoms with Crippen molar-refractivity contribution in [3.05, 3.63) is 137 Å². The molecule has 4 atom stereocenters. The van der Waals surface area contributed by atoms with Gasteiger partial charge in [0.15, 0.2) is 6.10 Å². The standard InChI is InChI=1S/C34H25ClN2O4/c35-24-16-8-10-18-26(24)37-32(38)28-27-20-19-21-11-7-9-17-25(21)36(27)30(29(28)33(37)39)34(40)41-31(22-12-3-1-4-13-22)23-14-5-2-6-15-23/h1-20,27-31H/t27-,28-,29+,30-/m0/s1. The van der Waals surface area contributed by atoms with E-state index in [1.807, 2.05) is 102 Å². The molecule has 202 valence electrons. The quantitative estimate of drug-likeness (QED) is 0.219. The van der Waals surface area contributed by atoms with E-state index in [2.05, 4.69) is 0 Å². The maximum Gasteiger partial charge on any atom is 0.330 e. The van der Waals surface area contributed by atoms with Crippen LogP contribution in [0.3, 0.4) is 0 Å². The van der Waals surface area contributed by atoms with E-state index in [9.17, 15) is 14.4 Å². The van der Waals surface area contributed by atoms with Gasteiger partial charge in [-0.05, 0) is 34.9 Å². The summed E-state index contributed by atoms with van der Waals surface area (Å²) in [5.74, 6) is -3.10. The molecule has 0 N–H and O–H groups in total. The number of carbonyl (C=O) groups excluding carboxylic acids is 3. The Kier molecular flexibility index (Phi) is 6.20. The number of hydrogen-bond donors (Lipinski definition) is 0. The Bertz CT molecular complexity index is 1650. The smallest absolute Gasteiger partial charge is 0.330 e. The lowest BCUT2D eigenvalue weighted by molar-refractivity contribution is -0.151. The van der Waals surface area contributed by atoms with Crippen LogP contribution in [-0.2, 0) is 19.1 Å². The zero-order chi connectivity index (χ0) is 28.1. The molecule has 41 heavy (non-hydrogen) atoms. The second-order valence-corrected chi connectivity index (χ2v) is 10.8. The summed E-state index contributed by atoms with van der Waals surface area (Å²) in [5, 5.41) is 0.294. The maximum atomic E-state index is 14.4. The average Bonchev–Trinajstić information content (AvgIpc) is 3.49. The van der Waals surface area contributed by atoms with Crippen molar-refractivity contribution >= 4 is 46.8 Å². The Morgan fingerprint density at radius 1 is 0.707 bits per heavy atom. The number of ether oxygens (including phenoxy) is 1. The van der Waals surface area contributed by atoms with Gasteiger partial charge < -0.3 is 9.64 Å². The summed E-state index contributed by atoms with van der Waals surface area (Å²) in [7, 11) is 0. The lowest BCUT2D eigenvalue weighted by Gasteiger charge is -2.36. The summed E-state index contributed by atoms with van der Waals surface area (Å²) in [6, 6.07) is 32.0. The molecule has 0 aromatic heterocycles. The first-order valence-corrected chi connectivity index (χ1v) is 13.9. The monoisotopic (exact) mass is 560 g/mol. The van der Waals surface area contributed by atoms with Crippen LogP contribution in [0, 0.1) is 11.8 Å². The van der Waals surface area contributed by atoms with Gasteiger partial charge in [-0.1, -0.05) is 115 Å². The first kappa shape index (κ1) is 25.3. The minimum atomic E-state index is -1.02. The van der Waals surface area contributed by atoms with Gasteiger partial charge in [0.25, 0.3) is 0 Å². The molecule has 4 aromatic carbocycles. The molecule has 0 spiro atoms. The molecule has 4 aromatic rings. The Balaban J connectivity index is 1.33. The second kappa shape index (κ2) is 10.1. The Hall–Kier alpha value is -4.68. The fourth-order valence-electron chi connectivity index (χ4n) is 6.42. The van der Waals surface area contributed by atoms with E-state index in [0.717, 1.165) is 27.3 Å². The number of halogens is 1. The largest absolute Gasteiger partial charge is 0.451 e. The molecule has 3 aliphatic rings. The number of imide groups is 1. The average molecular weight is 561 g/mol. The summed E-state index contributed by atoms with van der Waals surface area (Å²) in [6.07, 6.45) is 3.18. The second-order valence-electron chi connectivity index (χ2n) is 10.4. The van der Waals surface area contributed by atoms with E-state index in [1.165, 1.54) is 0 Å². The Morgan fingerprint density at radius 3 is 1.93 bits per heavy atom. The molecule has 2 fully saturated rings. The zero-order valence-corrected chi connectivity index (χ0v) is 22.6. The first-order valence-electron chi connectivity index (χ1n) is 13.5. The minimum absolute atomic E-state index is 0.294. The van der Waals surface area contributed by atoms with Gasteiger partial charge in [-0.3, -0.25) is 9.59 Å². The number of amides is 2. The van der Waals surface area contributed by atoms with Crippen LogP contribution in [0.4, 0.5) is 11.4 Å². The van der Waals surface area contributed by atoms with Gasteiger partial charge in [0.2, 0.25) is 11.8 Å². The normalized spacial score (nSPS) is 22.5. The topological polar surface area (TPSA) is 66.9 Å². The van der Waals surface area contributed by atoms with E-state index in [0.29, 0.717) is 10.7 Å². The summed E-state index contributed by atoms with van der Waals surface area (Å²) in [5.41, 5.74) is 3.64. The van der Waals surface area contributed by atoms with Crippen molar-refractivity contribution in [2.45, 2.75) is 18.2 Å². The van der Waals surface area contributed by atoms with Crippen LogP contribution in [0.15, 0.2) is 115 Å². The third-order valence-electron chi connectivity index (χ3n) is 8.19. The van der Waals surface area contributed by atoms with Gasteiger partial charge in [0, 0.05) is 5.69 Å². The maximum absolute atomic E-state index is 14.4. The van der Waals surface area contributed by atoms with Crippen molar-refractivity contribution in [1.82, 2.24) is 0 Å². The molecule has 0 saturated carbocycles. The number of para-hydroxylation sites is 2. The van der Waals surface area contributed by atoms with Gasteiger partial charge in [-0.15, -0.1) is 0 Å². The third-order valence-corrected chi connectivity index (χ3v) is 8.51. The SMILES string of the molecule is O=C(OC(c1ccccc1)c1ccccc1)[C@@H]1[C@@H]2C(=O)N(c3ccccc3Cl)C(=O)[C@H]2[C@@H]2C=Cc3ccccc3N12. The van der Waals surface area contributed by atoms with Gasteiger partial charge >= 0.3 is 5.97 Å². The number of rotatable bonds is 5. The van der Waals surface area contributed by atoms with Crippen LogP contribution < -0.4 is 9.80 Å². The summed E-state index contributed by atoms with van der Waals surface area (Å²) in [6.45, 7) is 0. The summed E-state index contributed by atoms with van der Waals surface area (Å²) >= 11 is 6.44. The molecule has 3 aliphatic heterocycles. The van der Waals surface area contributed by atoms with Crippen LogP contribution in [0.2, 0.25) is 5.02 Å². The first-order chi connectivity index (χ1) is 20.0. The molecule has 2 amide bonds. The molecular weight excluding hydrogens is 536 g/mol. The van der Waals surface area contributed by atoms with Crippen LogP contribution >= 0.6 is 11.6 Å². The zero-order valence-electron chi connectivity index (χ0n) is 21.8. The van der Waals surface area contributed by atoms with E-state index in [-0.39, 0.29) is 5.91 Å². The highest BCUT2D eigenvalue weighted by atomic mass is 35.5. The molecule has 6 nitrogen and oxygen atoms in total.